The highest BCUT2D eigenvalue weighted by molar-refractivity contribution is 7.80. The summed E-state index contributed by atoms with van der Waals surface area (Å²) < 4.78 is 11.6. The van der Waals surface area contributed by atoms with Crippen LogP contribution in [0.25, 0.3) is 0 Å². The summed E-state index contributed by atoms with van der Waals surface area (Å²) in [6.45, 7) is 14.6. The second-order valence-corrected chi connectivity index (χ2v) is 9.19. The molecular formula is C26H34N2O3S. The van der Waals surface area contributed by atoms with Crippen LogP contribution in [0.15, 0.2) is 54.6 Å². The number of hydrogen-bond acceptors (Lipinski definition) is 4. The molecule has 0 aliphatic heterocycles. The molecule has 0 saturated carbocycles. The molecule has 0 aliphatic carbocycles. The van der Waals surface area contributed by atoms with Crippen molar-refractivity contribution in [1.82, 2.24) is 5.32 Å². The van der Waals surface area contributed by atoms with Gasteiger partial charge in [-0.05, 0) is 80.7 Å². The van der Waals surface area contributed by atoms with Crippen LogP contribution in [0.3, 0.4) is 0 Å². The minimum Gasteiger partial charge on any atom is -0.493 e. The van der Waals surface area contributed by atoms with Crippen molar-refractivity contribution in [3.8, 4) is 11.5 Å². The second kappa shape index (κ2) is 11.7. The number of nitrogens with one attached hydrogen (secondary N) is 2. The summed E-state index contributed by atoms with van der Waals surface area (Å²) in [6, 6.07) is 13.6. The van der Waals surface area contributed by atoms with Gasteiger partial charge in [0.15, 0.2) is 5.11 Å². The molecule has 0 aromatic heterocycles. The Kier molecular flexibility index (Phi) is 9.27. The Labute approximate surface area is 197 Å². The molecule has 0 unspecified atom stereocenters. The molecule has 0 spiro atoms. The quantitative estimate of drug-likeness (QED) is 0.264. The highest BCUT2D eigenvalue weighted by atomic mass is 32.1. The molecule has 0 aliphatic rings. The monoisotopic (exact) mass is 454 g/mol. The zero-order valence-electron chi connectivity index (χ0n) is 19.7. The van der Waals surface area contributed by atoms with Crippen molar-refractivity contribution in [3.63, 3.8) is 0 Å². The van der Waals surface area contributed by atoms with Gasteiger partial charge in [-0.25, -0.2) is 0 Å². The van der Waals surface area contributed by atoms with Crippen LogP contribution in [0, 0.1) is 19.3 Å². The van der Waals surface area contributed by atoms with E-state index in [1.807, 2.05) is 65.0 Å². The summed E-state index contributed by atoms with van der Waals surface area (Å²) in [7, 11) is 0. The van der Waals surface area contributed by atoms with Crippen molar-refractivity contribution >= 4 is 28.9 Å². The van der Waals surface area contributed by atoms with Gasteiger partial charge in [-0.15, -0.1) is 0 Å². The van der Waals surface area contributed by atoms with Crippen molar-refractivity contribution in [2.45, 2.75) is 47.5 Å². The lowest BCUT2D eigenvalue weighted by Gasteiger charge is -2.24. The Balaban J connectivity index is 1.81. The molecule has 5 nitrogen and oxygen atoms in total. The van der Waals surface area contributed by atoms with E-state index < -0.39 is 5.41 Å². The number of ether oxygens (including phenoxy) is 2. The highest BCUT2D eigenvalue weighted by Crippen LogP contribution is 2.24. The van der Waals surface area contributed by atoms with Crippen molar-refractivity contribution in [3.05, 3.63) is 65.7 Å². The van der Waals surface area contributed by atoms with E-state index in [0.29, 0.717) is 25.4 Å². The van der Waals surface area contributed by atoms with E-state index in [2.05, 4.69) is 29.3 Å². The van der Waals surface area contributed by atoms with Crippen LogP contribution in [0.2, 0.25) is 0 Å². The van der Waals surface area contributed by atoms with Crippen molar-refractivity contribution in [1.29, 1.82) is 0 Å². The lowest BCUT2D eigenvalue weighted by atomic mass is 9.87. The fraction of sp³-hybridized carbons (Fsp3) is 0.385. The standard InChI is InChI=1S/C26H34N2O3S/c1-18(2)17-31-22-10-7-9-21(16-22)27-25(32)28-24(29)26(5,6)13-8-14-30-23-15-19(3)11-12-20(23)4/h7,9-12,15-16H,1,8,13-14,17H2,2-6H3,(H2,27,28,29,32). The molecule has 32 heavy (non-hydrogen) atoms. The minimum atomic E-state index is -0.580. The topological polar surface area (TPSA) is 59.6 Å². The SMILES string of the molecule is C=C(C)COc1cccc(NC(=S)NC(=O)C(C)(C)CCCOc2cc(C)ccc2C)c1. The molecule has 0 atom stereocenters. The van der Waals surface area contributed by atoms with Crippen LogP contribution in [-0.4, -0.2) is 24.2 Å². The zero-order chi connectivity index (χ0) is 23.7. The van der Waals surface area contributed by atoms with E-state index in [0.717, 1.165) is 29.0 Å². The lowest BCUT2D eigenvalue weighted by molar-refractivity contribution is -0.128. The van der Waals surface area contributed by atoms with Crippen LogP contribution < -0.4 is 20.1 Å². The number of anilines is 1. The minimum absolute atomic E-state index is 0.128. The number of aryl methyl sites for hydroxylation is 2. The van der Waals surface area contributed by atoms with Crippen molar-refractivity contribution in [2.75, 3.05) is 18.5 Å². The Morgan fingerprint density at radius 3 is 2.59 bits per heavy atom. The smallest absolute Gasteiger partial charge is 0.231 e. The summed E-state index contributed by atoms with van der Waals surface area (Å²) in [6.07, 6.45) is 1.44. The second-order valence-electron chi connectivity index (χ2n) is 8.79. The van der Waals surface area contributed by atoms with E-state index in [9.17, 15) is 4.79 Å². The maximum Gasteiger partial charge on any atom is 0.231 e. The molecule has 0 bridgehead atoms. The van der Waals surface area contributed by atoms with E-state index in [1.54, 1.807) is 0 Å². The van der Waals surface area contributed by atoms with Gasteiger partial charge in [-0.3, -0.25) is 4.79 Å². The highest BCUT2D eigenvalue weighted by Gasteiger charge is 2.27. The fourth-order valence-corrected chi connectivity index (χ4v) is 3.19. The maximum absolute atomic E-state index is 12.8. The molecular weight excluding hydrogens is 420 g/mol. The van der Waals surface area contributed by atoms with E-state index in [1.165, 1.54) is 5.56 Å². The number of amides is 1. The first-order chi connectivity index (χ1) is 15.1. The van der Waals surface area contributed by atoms with Crippen LogP contribution in [0.1, 0.15) is 44.7 Å². The molecule has 172 valence electrons. The fourth-order valence-electron chi connectivity index (χ4n) is 2.98. The largest absolute Gasteiger partial charge is 0.493 e. The van der Waals surface area contributed by atoms with E-state index >= 15 is 0 Å². The first-order valence-corrected chi connectivity index (χ1v) is 11.2. The van der Waals surface area contributed by atoms with E-state index in [4.69, 9.17) is 21.7 Å². The van der Waals surface area contributed by atoms with Gasteiger partial charge in [0.25, 0.3) is 0 Å². The maximum atomic E-state index is 12.8. The lowest BCUT2D eigenvalue weighted by Crippen LogP contribution is -2.42. The molecule has 0 heterocycles. The van der Waals surface area contributed by atoms with Crippen LogP contribution >= 0.6 is 12.2 Å². The Hall–Kier alpha value is -2.86. The van der Waals surface area contributed by atoms with Gasteiger partial charge in [0.2, 0.25) is 5.91 Å². The average Bonchev–Trinajstić information content (AvgIpc) is 2.72. The number of carbonyl (C=O) groups excluding carboxylic acids is 1. The summed E-state index contributed by atoms with van der Waals surface area (Å²) in [5.41, 5.74) is 3.38. The normalized spacial score (nSPS) is 10.9. The van der Waals surface area contributed by atoms with Gasteiger partial charge >= 0.3 is 0 Å². The predicted molar refractivity (Wildman–Crippen MR) is 136 cm³/mol. The number of rotatable bonds is 10. The molecule has 0 radical (unpaired) electrons. The average molecular weight is 455 g/mol. The Morgan fingerprint density at radius 1 is 1.12 bits per heavy atom. The zero-order valence-corrected chi connectivity index (χ0v) is 20.5. The summed E-state index contributed by atoms with van der Waals surface area (Å²) in [5.74, 6) is 1.47. The van der Waals surface area contributed by atoms with Crippen molar-refractivity contribution in [2.24, 2.45) is 5.41 Å². The summed E-state index contributed by atoms with van der Waals surface area (Å²) in [5, 5.41) is 6.10. The number of benzene rings is 2. The van der Waals surface area contributed by atoms with E-state index in [-0.39, 0.29) is 11.0 Å². The molecule has 2 N–H and O–H groups in total. The first kappa shape index (κ1) is 25.4. The molecule has 6 heteroatoms. The molecule has 2 aromatic carbocycles. The Morgan fingerprint density at radius 2 is 1.88 bits per heavy atom. The molecule has 0 fully saturated rings. The van der Waals surface area contributed by atoms with Gasteiger partial charge in [0.05, 0.1) is 6.61 Å². The summed E-state index contributed by atoms with van der Waals surface area (Å²) in [4.78, 5) is 12.8. The van der Waals surface area contributed by atoms with Crippen LogP contribution in [0.4, 0.5) is 5.69 Å². The third-order valence-electron chi connectivity index (χ3n) is 4.97. The van der Waals surface area contributed by atoms with Crippen LogP contribution in [-0.2, 0) is 4.79 Å². The molecule has 2 aromatic rings. The molecule has 2 rings (SSSR count). The third-order valence-corrected chi connectivity index (χ3v) is 5.17. The van der Waals surface area contributed by atoms with Gasteiger partial charge in [0.1, 0.15) is 18.1 Å². The molecule has 0 saturated heterocycles. The first-order valence-electron chi connectivity index (χ1n) is 10.8. The van der Waals surface area contributed by atoms with Gasteiger partial charge in [-0.2, -0.15) is 0 Å². The van der Waals surface area contributed by atoms with Gasteiger partial charge in [0, 0.05) is 17.2 Å². The third kappa shape index (κ3) is 8.35. The number of carbonyl (C=O) groups is 1. The number of hydrogen-bond donors (Lipinski definition) is 2. The molecule has 1 amide bonds. The summed E-state index contributed by atoms with van der Waals surface area (Å²) >= 11 is 5.33. The van der Waals surface area contributed by atoms with Crippen LogP contribution in [0.5, 0.6) is 11.5 Å². The number of thiocarbonyl (C=S) groups is 1. The Bertz CT molecular complexity index is 969. The predicted octanol–water partition coefficient (Wildman–Crippen LogP) is 5.96. The van der Waals surface area contributed by atoms with Gasteiger partial charge in [-0.1, -0.05) is 38.6 Å². The van der Waals surface area contributed by atoms with Gasteiger partial charge < -0.3 is 20.1 Å². The van der Waals surface area contributed by atoms with Crippen molar-refractivity contribution < 1.29 is 14.3 Å².